The van der Waals surface area contributed by atoms with Gasteiger partial charge in [-0.2, -0.15) is 0 Å². The zero-order valence-electron chi connectivity index (χ0n) is 19.3. The number of carbonyl (C=O) groups excluding carboxylic acids is 3. The van der Waals surface area contributed by atoms with E-state index >= 15 is 0 Å². The molecule has 2 N–H and O–H groups in total. The smallest absolute Gasteiger partial charge is 0.303 e. The van der Waals surface area contributed by atoms with Crippen LogP contribution >= 0.6 is 0 Å². The monoisotopic (exact) mass is 446 g/mol. The third-order valence-corrected chi connectivity index (χ3v) is 8.99. The zero-order valence-corrected chi connectivity index (χ0v) is 19.3. The first-order chi connectivity index (χ1) is 14.9. The number of aliphatic hydroxyl groups is 2. The molecule has 0 bridgehead atoms. The maximum atomic E-state index is 12.0. The summed E-state index contributed by atoms with van der Waals surface area (Å²) in [5.41, 5.74) is -1.43. The van der Waals surface area contributed by atoms with Crippen LogP contribution in [0.1, 0.15) is 59.8 Å². The molecular formula is C25H34O7. The van der Waals surface area contributed by atoms with Gasteiger partial charge >= 0.3 is 11.9 Å². The van der Waals surface area contributed by atoms with Gasteiger partial charge in [0.2, 0.25) is 0 Å². The topological polar surface area (TPSA) is 110 Å². The molecular weight excluding hydrogens is 412 g/mol. The van der Waals surface area contributed by atoms with Crippen LogP contribution in [0.15, 0.2) is 23.8 Å². The van der Waals surface area contributed by atoms with E-state index in [4.69, 9.17) is 9.47 Å². The van der Waals surface area contributed by atoms with Crippen molar-refractivity contribution in [2.45, 2.75) is 77.6 Å². The normalized spacial score (nSPS) is 43.4. The molecule has 0 aliphatic heterocycles. The SMILES string of the molecule is CC(=O)OCC(OC(C)=O)C1(O)CCC2C3CCC4=CC(=O)C=CC4(C)C3C(O)CC21C. The molecule has 0 saturated heterocycles. The Morgan fingerprint density at radius 2 is 1.94 bits per heavy atom. The van der Waals surface area contributed by atoms with Crippen LogP contribution in [0.5, 0.6) is 0 Å². The highest BCUT2D eigenvalue weighted by Gasteiger charge is 2.68. The highest BCUT2D eigenvalue weighted by Crippen LogP contribution is 2.67. The molecule has 3 fully saturated rings. The largest absolute Gasteiger partial charge is 0.462 e. The van der Waals surface area contributed by atoms with Crippen LogP contribution in [0.4, 0.5) is 0 Å². The van der Waals surface area contributed by atoms with Gasteiger partial charge in [0.25, 0.3) is 0 Å². The maximum absolute atomic E-state index is 12.0. The summed E-state index contributed by atoms with van der Waals surface area (Å²) < 4.78 is 10.6. The van der Waals surface area contributed by atoms with Crippen molar-refractivity contribution < 1.29 is 34.1 Å². The molecule has 0 heterocycles. The number of ketones is 1. The average molecular weight is 447 g/mol. The summed E-state index contributed by atoms with van der Waals surface area (Å²) in [6.45, 7) is 6.42. The number of hydrogen-bond donors (Lipinski definition) is 2. The number of ether oxygens (including phenoxy) is 2. The number of allylic oxidation sites excluding steroid dienone is 4. The van der Waals surface area contributed by atoms with Gasteiger partial charge in [-0.1, -0.05) is 25.5 Å². The predicted molar refractivity (Wildman–Crippen MR) is 115 cm³/mol. The molecule has 0 amide bonds. The number of esters is 2. The van der Waals surface area contributed by atoms with Gasteiger partial charge < -0.3 is 19.7 Å². The molecule has 4 rings (SSSR count). The first-order valence-corrected chi connectivity index (χ1v) is 11.6. The van der Waals surface area contributed by atoms with Crippen molar-refractivity contribution in [1.29, 1.82) is 0 Å². The quantitative estimate of drug-likeness (QED) is 0.639. The Hall–Kier alpha value is -1.99. The van der Waals surface area contributed by atoms with Gasteiger partial charge in [0.15, 0.2) is 11.9 Å². The maximum Gasteiger partial charge on any atom is 0.303 e. The average Bonchev–Trinajstić information content (AvgIpc) is 2.96. The molecule has 0 aromatic heterocycles. The van der Waals surface area contributed by atoms with E-state index in [1.54, 1.807) is 12.2 Å². The molecule has 32 heavy (non-hydrogen) atoms. The summed E-state index contributed by atoms with van der Waals surface area (Å²) >= 11 is 0. The van der Waals surface area contributed by atoms with Crippen molar-refractivity contribution in [1.82, 2.24) is 0 Å². The minimum Gasteiger partial charge on any atom is -0.462 e. The van der Waals surface area contributed by atoms with Crippen LogP contribution in [0.3, 0.4) is 0 Å². The number of aliphatic hydroxyl groups excluding tert-OH is 1. The lowest BCUT2D eigenvalue weighted by Gasteiger charge is -2.60. The molecule has 0 aromatic carbocycles. The molecule has 7 heteroatoms. The van der Waals surface area contributed by atoms with E-state index in [0.29, 0.717) is 12.8 Å². The highest BCUT2D eigenvalue weighted by atomic mass is 16.6. The molecule has 0 aromatic rings. The van der Waals surface area contributed by atoms with Crippen molar-refractivity contribution in [3.63, 3.8) is 0 Å². The van der Waals surface area contributed by atoms with Gasteiger partial charge in [-0.05, 0) is 56.1 Å². The Kier molecular flexibility index (Phi) is 5.65. The zero-order chi connectivity index (χ0) is 23.5. The van der Waals surface area contributed by atoms with Crippen LogP contribution in [0.25, 0.3) is 0 Å². The summed E-state index contributed by atoms with van der Waals surface area (Å²) in [6, 6.07) is 0. The molecule has 0 radical (unpaired) electrons. The van der Waals surface area contributed by atoms with E-state index in [2.05, 4.69) is 6.92 Å². The van der Waals surface area contributed by atoms with Crippen molar-refractivity contribution in [3.05, 3.63) is 23.8 Å². The Labute approximate surface area is 188 Å². The van der Waals surface area contributed by atoms with Gasteiger partial charge in [0.1, 0.15) is 12.2 Å². The van der Waals surface area contributed by atoms with Crippen LogP contribution in [-0.4, -0.2) is 52.4 Å². The summed E-state index contributed by atoms with van der Waals surface area (Å²) in [7, 11) is 0. The first-order valence-electron chi connectivity index (χ1n) is 11.6. The second-order valence-corrected chi connectivity index (χ2v) is 10.6. The summed E-state index contributed by atoms with van der Waals surface area (Å²) in [5, 5.41) is 23.4. The van der Waals surface area contributed by atoms with Gasteiger partial charge in [-0.25, -0.2) is 0 Å². The second kappa shape index (κ2) is 7.80. The van der Waals surface area contributed by atoms with Crippen LogP contribution in [-0.2, 0) is 23.9 Å². The second-order valence-electron chi connectivity index (χ2n) is 10.6. The van der Waals surface area contributed by atoms with Crippen LogP contribution in [0.2, 0.25) is 0 Å². The number of carbonyl (C=O) groups is 3. The van der Waals surface area contributed by atoms with E-state index in [-0.39, 0.29) is 35.6 Å². The van der Waals surface area contributed by atoms with Crippen molar-refractivity contribution >= 4 is 17.7 Å². The standard InChI is InChI=1S/C25H34O7/c1-14(26)31-13-21(32-15(2)27)25(30)10-8-19-18-6-5-16-11-17(28)7-9-23(16,3)22(18)20(29)12-24(19,25)4/h7,9,11,18-22,29-30H,5-6,8,10,12-13H2,1-4H3. The molecule has 8 unspecified atom stereocenters. The molecule has 4 aliphatic rings. The van der Waals surface area contributed by atoms with E-state index in [0.717, 1.165) is 24.8 Å². The third-order valence-electron chi connectivity index (χ3n) is 8.99. The Bertz CT molecular complexity index is 891. The minimum absolute atomic E-state index is 0.00370. The van der Waals surface area contributed by atoms with E-state index in [1.807, 2.05) is 13.0 Å². The van der Waals surface area contributed by atoms with Crippen LogP contribution < -0.4 is 0 Å². The van der Waals surface area contributed by atoms with Crippen molar-refractivity contribution in [3.8, 4) is 0 Å². The van der Waals surface area contributed by atoms with Gasteiger partial charge in [0, 0.05) is 30.6 Å². The molecule has 8 atom stereocenters. The summed E-state index contributed by atoms with van der Waals surface area (Å²) in [6.07, 6.45) is 6.69. The summed E-state index contributed by atoms with van der Waals surface area (Å²) in [4.78, 5) is 35.2. The number of fused-ring (bicyclic) bond motifs is 5. The molecule has 176 valence electrons. The third kappa shape index (κ3) is 3.36. The Balaban J connectivity index is 1.68. The lowest BCUT2D eigenvalue weighted by Crippen LogP contribution is -2.63. The fraction of sp³-hybridized carbons (Fsp3) is 0.720. The van der Waals surface area contributed by atoms with Crippen molar-refractivity contribution in [2.24, 2.45) is 28.6 Å². The van der Waals surface area contributed by atoms with Crippen molar-refractivity contribution in [2.75, 3.05) is 6.61 Å². The van der Waals surface area contributed by atoms with E-state index in [9.17, 15) is 24.6 Å². The van der Waals surface area contributed by atoms with Gasteiger partial charge in [-0.15, -0.1) is 0 Å². The molecule has 4 aliphatic carbocycles. The molecule has 0 spiro atoms. The number of hydrogen-bond acceptors (Lipinski definition) is 7. The minimum atomic E-state index is -1.42. The lowest BCUT2D eigenvalue weighted by molar-refractivity contribution is -0.218. The highest BCUT2D eigenvalue weighted by molar-refractivity contribution is 6.01. The predicted octanol–water partition coefficient (Wildman–Crippen LogP) is 2.49. The number of rotatable bonds is 4. The fourth-order valence-electron chi connectivity index (χ4n) is 7.56. The molecule has 7 nitrogen and oxygen atoms in total. The van der Waals surface area contributed by atoms with E-state index in [1.165, 1.54) is 13.8 Å². The summed E-state index contributed by atoms with van der Waals surface area (Å²) in [5.74, 6) is -0.838. The van der Waals surface area contributed by atoms with E-state index < -0.39 is 35.2 Å². The van der Waals surface area contributed by atoms with Gasteiger partial charge in [-0.3, -0.25) is 14.4 Å². The van der Waals surface area contributed by atoms with Gasteiger partial charge in [0.05, 0.1) is 6.10 Å². The lowest BCUT2D eigenvalue weighted by atomic mass is 9.46. The van der Waals surface area contributed by atoms with Crippen LogP contribution in [0, 0.1) is 28.6 Å². The fourth-order valence-corrected chi connectivity index (χ4v) is 7.56. The Morgan fingerprint density at radius 3 is 2.59 bits per heavy atom. The first kappa shape index (κ1) is 23.2. The molecule has 3 saturated carbocycles. The Morgan fingerprint density at radius 1 is 1.22 bits per heavy atom.